The molecule has 6 nitrogen and oxygen atoms in total. The Hall–Kier alpha value is -2.03. The maximum Gasteiger partial charge on any atom is 0.311 e. The molecular weight excluding hydrogens is 370 g/mol. The Labute approximate surface area is 162 Å². The number of nitrogens with zero attached hydrogens (tertiary/aromatic N) is 2. The molecule has 0 aliphatic rings. The van der Waals surface area contributed by atoms with Gasteiger partial charge in [-0.05, 0) is 43.9 Å². The smallest absolute Gasteiger partial charge is 0.311 e. The van der Waals surface area contributed by atoms with Crippen LogP contribution in [0.4, 0.5) is 0 Å². The molecule has 0 aliphatic carbocycles. The highest BCUT2D eigenvalue weighted by Crippen LogP contribution is 2.15. The van der Waals surface area contributed by atoms with E-state index in [0.717, 1.165) is 15.2 Å². The first kappa shape index (κ1) is 20.3. The summed E-state index contributed by atoms with van der Waals surface area (Å²) in [6.07, 6.45) is 0.218. The molecule has 26 heavy (non-hydrogen) atoms. The van der Waals surface area contributed by atoms with E-state index >= 15 is 0 Å². The molecule has 2 rings (SSSR count). The Balaban J connectivity index is 2.02. The number of nitrogens with one attached hydrogen (secondary N) is 1. The predicted octanol–water partition coefficient (Wildman–Crippen LogP) is 2.83. The Morgan fingerprint density at radius 1 is 1.31 bits per heavy atom. The number of benzene rings is 1. The van der Waals surface area contributed by atoms with Gasteiger partial charge in [-0.3, -0.25) is 14.5 Å². The highest BCUT2D eigenvalue weighted by atomic mass is 32.1. The number of esters is 1. The van der Waals surface area contributed by atoms with Gasteiger partial charge in [0.1, 0.15) is 0 Å². The van der Waals surface area contributed by atoms with Crippen molar-refractivity contribution in [1.29, 1.82) is 0 Å². The van der Waals surface area contributed by atoms with Crippen molar-refractivity contribution < 1.29 is 14.3 Å². The molecule has 0 spiro atoms. The number of carbonyl (C=O) groups excluding carboxylic acids is 2. The molecule has 0 bridgehead atoms. The van der Waals surface area contributed by atoms with Crippen LogP contribution < -0.4 is 5.32 Å². The fourth-order valence-electron chi connectivity index (χ4n) is 2.52. The predicted molar refractivity (Wildman–Crippen MR) is 105 cm³/mol. The van der Waals surface area contributed by atoms with E-state index in [1.54, 1.807) is 14.0 Å². The summed E-state index contributed by atoms with van der Waals surface area (Å²) in [6, 6.07) is 7.50. The van der Waals surface area contributed by atoms with Crippen LogP contribution in [0.1, 0.15) is 28.5 Å². The van der Waals surface area contributed by atoms with Crippen molar-refractivity contribution in [3.05, 3.63) is 50.4 Å². The molecule has 1 N–H and O–H groups in total. The third-order valence-electron chi connectivity index (χ3n) is 3.77. The lowest BCUT2D eigenvalue weighted by molar-refractivity contribution is -0.142. The van der Waals surface area contributed by atoms with E-state index in [2.05, 4.69) is 10.2 Å². The summed E-state index contributed by atoms with van der Waals surface area (Å²) in [7, 11) is 3.60. The van der Waals surface area contributed by atoms with Crippen molar-refractivity contribution in [2.45, 2.75) is 26.6 Å². The second-order valence-electron chi connectivity index (χ2n) is 5.83. The zero-order valence-electron chi connectivity index (χ0n) is 15.2. The van der Waals surface area contributed by atoms with Crippen LogP contribution in [-0.4, -0.2) is 42.0 Å². The molecule has 0 saturated carbocycles. The van der Waals surface area contributed by atoms with Gasteiger partial charge in [0.2, 0.25) is 0 Å². The van der Waals surface area contributed by atoms with Crippen LogP contribution in [0.25, 0.3) is 0 Å². The quantitative estimate of drug-likeness (QED) is 0.552. The van der Waals surface area contributed by atoms with Gasteiger partial charge in [-0.25, -0.2) is 0 Å². The van der Waals surface area contributed by atoms with Crippen molar-refractivity contribution in [2.75, 3.05) is 20.7 Å². The summed E-state index contributed by atoms with van der Waals surface area (Å²) in [5, 5.41) is 4.52. The lowest BCUT2D eigenvalue weighted by Crippen LogP contribution is -2.24. The number of amides is 1. The minimum atomic E-state index is -0.249. The Morgan fingerprint density at radius 3 is 2.62 bits per heavy atom. The number of hydrogen-bond donors (Lipinski definition) is 1. The maximum atomic E-state index is 11.8. The SMILES string of the molecule is CCOC(=O)Cc1csc(=S)n1CN(C)Cc1ccc(C(=O)NC)cc1. The van der Waals surface area contributed by atoms with E-state index in [9.17, 15) is 9.59 Å². The van der Waals surface area contributed by atoms with Gasteiger partial charge in [0.25, 0.3) is 5.91 Å². The summed E-state index contributed by atoms with van der Waals surface area (Å²) in [6.45, 7) is 3.44. The molecule has 1 aromatic carbocycles. The van der Waals surface area contributed by atoms with Gasteiger partial charge in [0.05, 0.1) is 19.7 Å². The second kappa shape index (κ2) is 9.61. The van der Waals surface area contributed by atoms with Crippen LogP contribution in [0.3, 0.4) is 0 Å². The molecule has 0 saturated heterocycles. The van der Waals surface area contributed by atoms with Crippen molar-refractivity contribution in [1.82, 2.24) is 14.8 Å². The molecule has 140 valence electrons. The van der Waals surface area contributed by atoms with Crippen LogP contribution in [-0.2, 0) is 29.2 Å². The normalized spacial score (nSPS) is 10.8. The van der Waals surface area contributed by atoms with E-state index in [0.29, 0.717) is 25.4 Å². The van der Waals surface area contributed by atoms with E-state index in [1.165, 1.54) is 11.3 Å². The third-order valence-corrected chi connectivity index (χ3v) is 5.09. The molecule has 0 unspecified atom stereocenters. The number of rotatable bonds is 8. The molecule has 1 heterocycles. The fraction of sp³-hybridized carbons (Fsp3) is 0.389. The van der Waals surface area contributed by atoms with Gasteiger partial charge in [-0.15, -0.1) is 11.3 Å². The lowest BCUT2D eigenvalue weighted by atomic mass is 10.1. The standard InChI is InChI=1S/C18H23N3O3S2/c1-4-24-16(22)9-15-11-26-18(25)21(15)12-20(3)10-13-5-7-14(8-6-13)17(23)19-2/h5-8,11H,4,9-10,12H2,1-3H3,(H,19,23). The number of aromatic nitrogens is 1. The van der Waals surface area contributed by atoms with Gasteiger partial charge in [0.15, 0.2) is 3.95 Å². The van der Waals surface area contributed by atoms with Crippen molar-refractivity contribution >= 4 is 35.4 Å². The molecule has 8 heteroatoms. The van der Waals surface area contributed by atoms with Crippen LogP contribution in [0, 0.1) is 3.95 Å². The molecular formula is C18H23N3O3S2. The van der Waals surface area contributed by atoms with Crippen LogP contribution in [0.15, 0.2) is 29.6 Å². The van der Waals surface area contributed by atoms with Crippen molar-refractivity contribution in [2.24, 2.45) is 0 Å². The molecule has 0 aliphatic heterocycles. The maximum absolute atomic E-state index is 11.8. The van der Waals surface area contributed by atoms with Crippen LogP contribution >= 0.6 is 23.6 Å². The van der Waals surface area contributed by atoms with Gasteiger partial charge >= 0.3 is 5.97 Å². The molecule has 0 fully saturated rings. The first-order chi connectivity index (χ1) is 12.4. The third kappa shape index (κ3) is 5.48. The van der Waals surface area contributed by atoms with Gasteiger partial charge < -0.3 is 14.6 Å². The fourth-order valence-corrected chi connectivity index (χ4v) is 3.59. The molecule has 0 atom stereocenters. The average molecular weight is 394 g/mol. The van der Waals surface area contributed by atoms with Crippen LogP contribution in [0.5, 0.6) is 0 Å². The summed E-state index contributed by atoms with van der Waals surface area (Å²) >= 11 is 6.84. The Bertz CT molecular complexity index is 812. The number of carbonyl (C=O) groups is 2. The topological polar surface area (TPSA) is 63.6 Å². The van der Waals surface area contributed by atoms with E-state index in [4.69, 9.17) is 17.0 Å². The minimum Gasteiger partial charge on any atom is -0.466 e. The minimum absolute atomic E-state index is 0.0990. The monoisotopic (exact) mass is 393 g/mol. The van der Waals surface area contributed by atoms with E-state index < -0.39 is 0 Å². The van der Waals surface area contributed by atoms with Crippen molar-refractivity contribution in [3.63, 3.8) is 0 Å². The number of thiazole rings is 1. The summed E-state index contributed by atoms with van der Waals surface area (Å²) in [5.41, 5.74) is 2.59. The van der Waals surface area contributed by atoms with Gasteiger partial charge in [-0.2, -0.15) is 0 Å². The molecule has 1 amide bonds. The number of hydrogen-bond acceptors (Lipinski definition) is 6. The first-order valence-electron chi connectivity index (χ1n) is 8.27. The van der Waals surface area contributed by atoms with E-state index in [-0.39, 0.29) is 18.3 Å². The summed E-state index contributed by atoms with van der Waals surface area (Å²) in [5.74, 6) is -0.348. The average Bonchev–Trinajstić information content (AvgIpc) is 2.95. The van der Waals surface area contributed by atoms with E-state index in [1.807, 2.05) is 41.3 Å². The summed E-state index contributed by atoms with van der Waals surface area (Å²) in [4.78, 5) is 25.4. The molecule has 0 radical (unpaired) electrons. The second-order valence-corrected chi connectivity index (χ2v) is 7.34. The van der Waals surface area contributed by atoms with Gasteiger partial charge in [0, 0.05) is 30.2 Å². The van der Waals surface area contributed by atoms with Gasteiger partial charge in [-0.1, -0.05) is 12.1 Å². The first-order valence-corrected chi connectivity index (χ1v) is 9.55. The highest BCUT2D eigenvalue weighted by Gasteiger charge is 2.12. The molecule has 1 aromatic heterocycles. The van der Waals surface area contributed by atoms with Crippen molar-refractivity contribution in [3.8, 4) is 0 Å². The van der Waals surface area contributed by atoms with Crippen LogP contribution in [0.2, 0.25) is 0 Å². The largest absolute Gasteiger partial charge is 0.466 e. The zero-order valence-corrected chi connectivity index (χ0v) is 16.8. The Kier molecular flexibility index (Phi) is 7.50. The molecule has 2 aromatic rings. The summed E-state index contributed by atoms with van der Waals surface area (Å²) < 4.78 is 7.70. The zero-order chi connectivity index (χ0) is 19.1. The highest BCUT2D eigenvalue weighted by molar-refractivity contribution is 7.73. The number of ether oxygens (including phenoxy) is 1. The Morgan fingerprint density at radius 2 is 2.00 bits per heavy atom. The lowest BCUT2D eigenvalue weighted by Gasteiger charge is -2.19.